The Hall–Kier alpha value is -3.21. The molecule has 1 atom stereocenters. The van der Waals surface area contributed by atoms with Crippen LogP contribution in [0.5, 0.6) is 0 Å². The fourth-order valence-corrected chi connectivity index (χ4v) is 6.64. The number of carbonyl (C=O) groups excluding carboxylic acids is 2. The topological polar surface area (TPSA) is 80.4 Å². The van der Waals surface area contributed by atoms with Crippen LogP contribution in [0.3, 0.4) is 0 Å². The van der Waals surface area contributed by atoms with Crippen LogP contribution in [0.2, 0.25) is 0 Å². The summed E-state index contributed by atoms with van der Waals surface area (Å²) in [5, 5.41) is 7.17. The minimum Gasteiger partial charge on any atom is -0.378 e. The average molecular weight is 577 g/mol. The number of likely N-dealkylation sites (tertiary alicyclic amines) is 1. The summed E-state index contributed by atoms with van der Waals surface area (Å²) >= 11 is 5.65. The van der Waals surface area contributed by atoms with Gasteiger partial charge in [0.25, 0.3) is 0 Å². The van der Waals surface area contributed by atoms with Gasteiger partial charge in [0.1, 0.15) is 5.54 Å². The zero-order valence-corrected chi connectivity index (χ0v) is 24.6. The van der Waals surface area contributed by atoms with Crippen molar-refractivity contribution in [2.45, 2.75) is 43.3 Å². The van der Waals surface area contributed by atoms with Crippen LogP contribution in [0, 0.1) is 0 Å². The van der Waals surface area contributed by atoms with E-state index >= 15 is 0 Å². The van der Waals surface area contributed by atoms with Crippen molar-refractivity contribution in [3.8, 4) is 0 Å². The second-order valence-corrected chi connectivity index (χ2v) is 12.1. The van der Waals surface area contributed by atoms with Gasteiger partial charge < -0.3 is 35.0 Å². The first-order valence-electron chi connectivity index (χ1n) is 14.8. The number of morpholine rings is 1. The van der Waals surface area contributed by atoms with Crippen LogP contribution >= 0.6 is 12.2 Å². The van der Waals surface area contributed by atoms with Crippen molar-refractivity contribution in [1.29, 1.82) is 0 Å². The fourth-order valence-electron chi connectivity index (χ4n) is 6.35. The van der Waals surface area contributed by atoms with Gasteiger partial charge >= 0.3 is 0 Å². The second-order valence-electron chi connectivity index (χ2n) is 11.7. The Morgan fingerprint density at radius 2 is 1.71 bits per heavy atom. The monoisotopic (exact) mass is 576 g/mol. The molecule has 0 aromatic heterocycles. The smallest absolute Gasteiger partial charge is 0.250 e. The summed E-state index contributed by atoms with van der Waals surface area (Å²) in [6, 6.07) is 18.4. The van der Waals surface area contributed by atoms with Gasteiger partial charge in [0.05, 0.1) is 25.8 Å². The Morgan fingerprint density at radius 3 is 2.37 bits per heavy atom. The summed E-state index contributed by atoms with van der Waals surface area (Å²) in [5.74, 6) is -0.109. The number of thiocarbonyl (C=S) groups is 1. The van der Waals surface area contributed by atoms with E-state index in [-0.39, 0.29) is 30.4 Å². The van der Waals surface area contributed by atoms with Crippen molar-refractivity contribution >= 4 is 40.5 Å². The molecule has 0 radical (unpaired) electrons. The maximum atomic E-state index is 14.2. The van der Waals surface area contributed by atoms with Gasteiger partial charge in [-0.05, 0) is 74.8 Å². The highest BCUT2D eigenvalue weighted by Gasteiger charge is 2.53. The number of amides is 2. The summed E-state index contributed by atoms with van der Waals surface area (Å²) < 4.78 is 5.47. The molecule has 3 saturated heterocycles. The Morgan fingerprint density at radius 1 is 1.02 bits per heavy atom. The third kappa shape index (κ3) is 6.05. The summed E-state index contributed by atoms with van der Waals surface area (Å²) in [5.41, 5.74) is 2.14. The minimum absolute atomic E-state index is 0.0206. The van der Waals surface area contributed by atoms with Crippen LogP contribution in [0.1, 0.15) is 37.3 Å². The first kappa shape index (κ1) is 27.9. The zero-order valence-electron chi connectivity index (χ0n) is 23.8. The van der Waals surface area contributed by atoms with Crippen LogP contribution in [-0.2, 0) is 14.3 Å². The predicted octanol–water partition coefficient (Wildman–Crippen LogP) is 2.85. The number of hydrogen-bond acceptors (Lipinski definition) is 6. The lowest BCUT2D eigenvalue weighted by molar-refractivity contribution is -0.149. The van der Waals surface area contributed by atoms with Crippen LogP contribution < -0.4 is 15.5 Å². The molecule has 41 heavy (non-hydrogen) atoms. The molecule has 0 bridgehead atoms. The van der Waals surface area contributed by atoms with Crippen molar-refractivity contribution in [2.24, 2.45) is 0 Å². The number of piperidine rings is 1. The van der Waals surface area contributed by atoms with Gasteiger partial charge in [-0.15, -0.1) is 0 Å². The Bertz CT molecular complexity index is 1240. The molecule has 9 nitrogen and oxygen atoms in total. The molecule has 1 aliphatic carbocycles. The number of ether oxygens (including phenoxy) is 1. The quantitative estimate of drug-likeness (QED) is 0.465. The molecule has 4 fully saturated rings. The van der Waals surface area contributed by atoms with E-state index in [1.165, 1.54) is 0 Å². The summed E-state index contributed by atoms with van der Waals surface area (Å²) in [6.07, 6.45) is 3.08. The molecule has 218 valence electrons. The molecule has 6 rings (SSSR count). The third-order valence-electron chi connectivity index (χ3n) is 8.90. The lowest BCUT2D eigenvalue weighted by atomic mass is 9.84. The predicted molar refractivity (Wildman–Crippen MR) is 164 cm³/mol. The molecular formula is C31H40N6O3S. The van der Waals surface area contributed by atoms with Gasteiger partial charge in [-0.2, -0.15) is 0 Å². The number of rotatable bonds is 8. The molecule has 2 amide bonds. The van der Waals surface area contributed by atoms with Crippen LogP contribution in [-0.4, -0.2) is 103 Å². The van der Waals surface area contributed by atoms with Crippen LogP contribution in [0.25, 0.3) is 0 Å². The lowest BCUT2D eigenvalue weighted by Crippen LogP contribution is -2.65. The summed E-state index contributed by atoms with van der Waals surface area (Å²) in [7, 11) is 2.08. The standard InChI is InChI=1S/C31H40N6O3S/c1-34-15-13-31(14-16-34,29(39)32-24-7-9-25(10-8-24)35-17-19-40-20-18-35)37(26-11-12-26)28(38)22-36-21-27(33-30(36)41)23-5-3-2-4-6-23/h2-10,26-27H,11-22H2,1H3,(H,32,39)(H,33,41)/t27-/m0/s1. The Labute approximate surface area is 247 Å². The van der Waals surface area contributed by atoms with E-state index in [0.717, 1.165) is 69.2 Å². The summed E-state index contributed by atoms with van der Waals surface area (Å²) in [4.78, 5) is 36.7. The van der Waals surface area contributed by atoms with Gasteiger partial charge in [-0.25, -0.2) is 0 Å². The van der Waals surface area contributed by atoms with E-state index in [1.807, 2.05) is 40.1 Å². The molecule has 1 saturated carbocycles. The molecule has 10 heteroatoms. The maximum absolute atomic E-state index is 14.2. The molecule has 0 spiro atoms. The number of benzene rings is 2. The van der Waals surface area contributed by atoms with E-state index in [0.29, 0.717) is 24.5 Å². The van der Waals surface area contributed by atoms with Gasteiger partial charge in [0, 0.05) is 50.1 Å². The Balaban J connectivity index is 1.19. The molecule has 2 aromatic rings. The molecule has 4 aliphatic rings. The second kappa shape index (κ2) is 12.0. The molecule has 2 N–H and O–H groups in total. The van der Waals surface area contributed by atoms with E-state index in [2.05, 4.69) is 51.7 Å². The SMILES string of the molecule is CN1CCC(C(=O)Nc2ccc(N3CCOCC3)cc2)(N(C(=O)CN2C[C@@H](c3ccccc3)NC2=S)C2CC2)CC1. The normalized spacial score (nSPS) is 22.8. The number of anilines is 2. The Kier molecular flexibility index (Phi) is 8.14. The first-order valence-corrected chi connectivity index (χ1v) is 15.2. The highest BCUT2D eigenvalue weighted by Crippen LogP contribution is 2.40. The van der Waals surface area contributed by atoms with Crippen molar-refractivity contribution in [3.63, 3.8) is 0 Å². The van der Waals surface area contributed by atoms with E-state index < -0.39 is 5.54 Å². The third-order valence-corrected chi connectivity index (χ3v) is 9.27. The van der Waals surface area contributed by atoms with E-state index in [9.17, 15) is 9.59 Å². The van der Waals surface area contributed by atoms with E-state index in [4.69, 9.17) is 17.0 Å². The average Bonchev–Trinajstić information content (AvgIpc) is 3.77. The first-order chi connectivity index (χ1) is 19.9. The largest absolute Gasteiger partial charge is 0.378 e. The highest BCUT2D eigenvalue weighted by atomic mass is 32.1. The minimum atomic E-state index is -0.888. The molecule has 3 aliphatic heterocycles. The fraction of sp³-hybridized carbons (Fsp3) is 0.516. The van der Waals surface area contributed by atoms with Crippen LogP contribution in [0.4, 0.5) is 11.4 Å². The summed E-state index contributed by atoms with van der Waals surface area (Å²) in [6.45, 7) is 5.51. The lowest BCUT2D eigenvalue weighted by Gasteiger charge is -2.47. The molecular weight excluding hydrogens is 536 g/mol. The molecule has 2 aromatic carbocycles. The highest BCUT2D eigenvalue weighted by molar-refractivity contribution is 7.80. The number of nitrogens with zero attached hydrogens (tertiary/aromatic N) is 4. The van der Waals surface area contributed by atoms with Crippen molar-refractivity contribution in [2.75, 3.05) is 69.7 Å². The number of hydrogen-bond donors (Lipinski definition) is 2. The van der Waals surface area contributed by atoms with E-state index in [1.54, 1.807) is 0 Å². The van der Waals surface area contributed by atoms with Gasteiger partial charge in [0.2, 0.25) is 11.8 Å². The number of nitrogens with one attached hydrogen (secondary N) is 2. The van der Waals surface area contributed by atoms with Crippen LogP contribution in [0.15, 0.2) is 54.6 Å². The van der Waals surface area contributed by atoms with Gasteiger partial charge in [-0.1, -0.05) is 30.3 Å². The van der Waals surface area contributed by atoms with Gasteiger partial charge in [0.15, 0.2) is 5.11 Å². The molecule has 3 heterocycles. The van der Waals surface area contributed by atoms with Gasteiger partial charge in [-0.3, -0.25) is 9.59 Å². The zero-order chi connectivity index (χ0) is 28.4. The maximum Gasteiger partial charge on any atom is 0.250 e. The van der Waals surface area contributed by atoms with Crippen molar-refractivity contribution in [1.82, 2.24) is 20.0 Å². The van der Waals surface area contributed by atoms with Crippen molar-refractivity contribution in [3.05, 3.63) is 60.2 Å². The molecule has 0 unspecified atom stereocenters. The number of carbonyl (C=O) groups is 2. The van der Waals surface area contributed by atoms with Crippen molar-refractivity contribution < 1.29 is 14.3 Å².